The van der Waals surface area contributed by atoms with Crippen molar-refractivity contribution in [3.8, 4) is 0 Å². The van der Waals surface area contributed by atoms with Crippen molar-refractivity contribution in [3.05, 3.63) is 17.0 Å². The van der Waals surface area contributed by atoms with E-state index in [0.29, 0.717) is 30.2 Å². The molecule has 1 aromatic heterocycles. The highest BCUT2D eigenvalue weighted by Crippen LogP contribution is 2.64. The molecule has 2 atom stereocenters. The lowest BCUT2D eigenvalue weighted by molar-refractivity contribution is -0.128. The van der Waals surface area contributed by atoms with Crippen LogP contribution in [-0.2, 0) is 21.4 Å². The fourth-order valence-electron chi connectivity index (χ4n) is 4.42. The maximum Gasteiger partial charge on any atom is 0.212 e. The van der Waals surface area contributed by atoms with Crippen LogP contribution in [0, 0.1) is 30.6 Å². The van der Waals surface area contributed by atoms with Gasteiger partial charge < -0.3 is 4.52 Å². The third-order valence-corrected chi connectivity index (χ3v) is 7.68. The summed E-state index contributed by atoms with van der Waals surface area (Å²) in [4.78, 5) is 12.5. The van der Waals surface area contributed by atoms with Crippen molar-refractivity contribution in [2.24, 2.45) is 16.7 Å². The second-order valence-corrected chi connectivity index (χ2v) is 9.36. The topological polar surface area (TPSA) is 89.3 Å². The minimum Gasteiger partial charge on any atom is -0.361 e. The summed E-state index contributed by atoms with van der Waals surface area (Å²) in [5.41, 5.74) is 0.457. The molecule has 0 aromatic carbocycles. The summed E-state index contributed by atoms with van der Waals surface area (Å²) >= 11 is 0. The van der Waals surface area contributed by atoms with Crippen molar-refractivity contribution < 1.29 is 17.7 Å². The highest BCUT2D eigenvalue weighted by atomic mass is 32.2. The monoisotopic (exact) mass is 340 g/mol. The van der Waals surface area contributed by atoms with E-state index in [1.54, 1.807) is 13.8 Å². The SMILES string of the molecule is Cc1noc(C)c1CNS(=O)(=O)CC12CCC(CC1=O)C2(C)C. The Balaban J connectivity index is 1.78. The number of ketones is 1. The summed E-state index contributed by atoms with van der Waals surface area (Å²) in [6.45, 7) is 7.77. The van der Waals surface area contributed by atoms with Crippen LogP contribution in [0.2, 0.25) is 0 Å². The number of hydrogen-bond acceptors (Lipinski definition) is 5. The van der Waals surface area contributed by atoms with E-state index >= 15 is 0 Å². The first-order valence-electron chi connectivity index (χ1n) is 8.01. The molecular weight excluding hydrogens is 316 g/mol. The first-order chi connectivity index (χ1) is 10.6. The van der Waals surface area contributed by atoms with Gasteiger partial charge in [0, 0.05) is 23.9 Å². The number of nitrogens with zero attached hydrogens (tertiary/aromatic N) is 1. The second-order valence-electron chi connectivity index (χ2n) is 7.55. The van der Waals surface area contributed by atoms with Crippen molar-refractivity contribution >= 4 is 15.8 Å². The van der Waals surface area contributed by atoms with Crippen LogP contribution < -0.4 is 4.72 Å². The normalized spacial score (nSPS) is 29.4. The van der Waals surface area contributed by atoms with Crippen LogP contribution in [-0.4, -0.2) is 25.1 Å². The molecule has 0 aliphatic heterocycles. The van der Waals surface area contributed by atoms with Crippen molar-refractivity contribution in [2.75, 3.05) is 5.75 Å². The number of aryl methyl sites for hydroxylation is 2. The predicted octanol–water partition coefficient (Wildman–Crippen LogP) is 2.11. The lowest BCUT2D eigenvalue weighted by Gasteiger charge is -2.36. The molecule has 1 heterocycles. The predicted molar refractivity (Wildman–Crippen MR) is 85.2 cm³/mol. The summed E-state index contributed by atoms with van der Waals surface area (Å²) in [6.07, 6.45) is 2.14. The minimum absolute atomic E-state index is 0.112. The number of carbonyl (C=O) groups excluding carboxylic acids is 1. The van der Waals surface area contributed by atoms with Crippen LogP contribution in [0.4, 0.5) is 0 Å². The van der Waals surface area contributed by atoms with E-state index in [1.807, 2.05) is 13.8 Å². The van der Waals surface area contributed by atoms with Crippen LogP contribution in [0.15, 0.2) is 4.52 Å². The van der Waals surface area contributed by atoms with Gasteiger partial charge in [-0.3, -0.25) is 4.79 Å². The van der Waals surface area contributed by atoms with E-state index in [1.165, 1.54) is 0 Å². The molecule has 2 fully saturated rings. The van der Waals surface area contributed by atoms with E-state index in [0.717, 1.165) is 12.0 Å². The van der Waals surface area contributed by atoms with Crippen molar-refractivity contribution in [1.29, 1.82) is 0 Å². The van der Waals surface area contributed by atoms with Crippen LogP contribution in [0.3, 0.4) is 0 Å². The Morgan fingerprint density at radius 3 is 2.52 bits per heavy atom. The summed E-state index contributed by atoms with van der Waals surface area (Å²) in [7, 11) is -3.56. The number of nitrogens with one attached hydrogen (secondary N) is 1. The molecule has 0 saturated heterocycles. The Morgan fingerprint density at radius 2 is 2.04 bits per heavy atom. The van der Waals surface area contributed by atoms with Gasteiger partial charge in [-0.25, -0.2) is 13.1 Å². The number of sulfonamides is 1. The van der Waals surface area contributed by atoms with Crippen LogP contribution in [0.25, 0.3) is 0 Å². The van der Waals surface area contributed by atoms with E-state index in [-0.39, 0.29) is 23.5 Å². The van der Waals surface area contributed by atoms with E-state index < -0.39 is 15.4 Å². The molecule has 2 aliphatic carbocycles. The molecule has 2 bridgehead atoms. The van der Waals surface area contributed by atoms with Gasteiger partial charge in [-0.15, -0.1) is 0 Å². The molecule has 7 heteroatoms. The molecular formula is C16H24N2O4S. The first kappa shape index (κ1) is 16.6. The summed E-state index contributed by atoms with van der Waals surface area (Å²) < 4.78 is 32.9. The van der Waals surface area contributed by atoms with Crippen LogP contribution in [0.5, 0.6) is 0 Å². The van der Waals surface area contributed by atoms with Crippen molar-refractivity contribution in [1.82, 2.24) is 9.88 Å². The van der Waals surface area contributed by atoms with Gasteiger partial charge in [0.1, 0.15) is 11.5 Å². The zero-order valence-electron chi connectivity index (χ0n) is 14.1. The zero-order valence-corrected chi connectivity index (χ0v) is 14.9. The van der Waals surface area contributed by atoms with Crippen LogP contribution >= 0.6 is 0 Å². The molecule has 3 rings (SSSR count). The number of carbonyl (C=O) groups is 1. The first-order valence-corrected chi connectivity index (χ1v) is 9.67. The van der Waals surface area contributed by atoms with Gasteiger partial charge in [-0.1, -0.05) is 19.0 Å². The quantitative estimate of drug-likeness (QED) is 0.886. The van der Waals surface area contributed by atoms with Crippen molar-refractivity contribution in [3.63, 3.8) is 0 Å². The molecule has 23 heavy (non-hydrogen) atoms. The molecule has 1 aromatic rings. The largest absolute Gasteiger partial charge is 0.361 e. The van der Waals surface area contributed by atoms with Gasteiger partial charge in [0.25, 0.3) is 0 Å². The van der Waals surface area contributed by atoms with Gasteiger partial charge in [0.2, 0.25) is 10.0 Å². The highest BCUT2D eigenvalue weighted by Gasteiger charge is 2.65. The Labute approximate surface area is 137 Å². The Morgan fingerprint density at radius 1 is 1.35 bits per heavy atom. The Kier molecular flexibility index (Phi) is 3.72. The average molecular weight is 340 g/mol. The number of rotatable bonds is 5. The van der Waals surface area contributed by atoms with Crippen molar-refractivity contribution in [2.45, 2.75) is 53.5 Å². The number of hydrogen-bond donors (Lipinski definition) is 1. The molecule has 6 nitrogen and oxygen atoms in total. The van der Waals surface area contributed by atoms with E-state index in [4.69, 9.17) is 4.52 Å². The number of aromatic nitrogens is 1. The Bertz CT molecular complexity index is 731. The smallest absolute Gasteiger partial charge is 0.212 e. The molecule has 0 radical (unpaired) electrons. The standard InChI is InChI=1S/C16H24N2O4S/c1-10-13(11(2)22-18-10)8-17-23(20,21)9-16-6-5-12(7-14(16)19)15(16,3)4/h12,17H,5-9H2,1-4H3. The zero-order chi connectivity index (χ0) is 17.0. The third kappa shape index (κ3) is 2.45. The second kappa shape index (κ2) is 5.14. The summed E-state index contributed by atoms with van der Waals surface area (Å²) in [6, 6.07) is 0. The molecule has 2 saturated carbocycles. The van der Waals surface area contributed by atoms with Gasteiger partial charge in [-0.2, -0.15) is 0 Å². The number of fused-ring (bicyclic) bond motifs is 2. The third-order valence-electron chi connectivity index (χ3n) is 6.23. The molecule has 2 unspecified atom stereocenters. The van der Waals surface area contributed by atoms with Gasteiger partial charge in [-0.05, 0) is 38.0 Å². The number of Topliss-reactive ketones (excluding diaryl/α,β-unsaturated/α-hetero) is 1. The fraction of sp³-hybridized carbons (Fsp3) is 0.750. The average Bonchev–Trinajstić information content (AvgIpc) is 2.94. The fourth-order valence-corrected chi connectivity index (χ4v) is 6.21. The van der Waals surface area contributed by atoms with E-state index in [2.05, 4.69) is 9.88 Å². The molecule has 2 aliphatic rings. The summed E-state index contributed by atoms with van der Waals surface area (Å²) in [5.74, 6) is 0.918. The van der Waals surface area contributed by atoms with Gasteiger partial charge in [0.05, 0.1) is 11.4 Å². The Hall–Kier alpha value is -1.21. The molecule has 0 spiro atoms. The van der Waals surface area contributed by atoms with Gasteiger partial charge in [0.15, 0.2) is 0 Å². The lowest BCUT2D eigenvalue weighted by atomic mass is 9.70. The maximum absolute atomic E-state index is 12.6. The molecule has 1 N–H and O–H groups in total. The summed E-state index contributed by atoms with van der Waals surface area (Å²) in [5, 5.41) is 3.83. The van der Waals surface area contributed by atoms with E-state index in [9.17, 15) is 13.2 Å². The van der Waals surface area contributed by atoms with Crippen LogP contribution in [0.1, 0.15) is 50.1 Å². The minimum atomic E-state index is -3.56. The maximum atomic E-state index is 12.6. The lowest BCUT2D eigenvalue weighted by Crippen LogP contribution is -2.45. The molecule has 128 valence electrons. The highest BCUT2D eigenvalue weighted by molar-refractivity contribution is 7.89. The van der Waals surface area contributed by atoms with Gasteiger partial charge >= 0.3 is 0 Å². The molecule has 0 amide bonds.